The summed E-state index contributed by atoms with van der Waals surface area (Å²) in [5.41, 5.74) is 5.86. The third-order valence-corrected chi connectivity index (χ3v) is 1.92. The molecule has 1 atom stereocenters. The molecule has 2 N–H and O–H groups in total. The zero-order valence-corrected chi connectivity index (χ0v) is 9.26. The number of quaternary nitrogens is 1. The topological polar surface area (TPSA) is 26.0 Å². The molecular weight excluding hydrogens is 204 g/mol. The molecule has 0 aliphatic rings. The molecule has 0 aliphatic heterocycles. The molecular formula is C8H19BrN2. The van der Waals surface area contributed by atoms with E-state index in [-0.39, 0.29) is 23.1 Å². The van der Waals surface area contributed by atoms with Gasteiger partial charge in [-0.15, -0.1) is 0 Å². The Hall–Kier alpha value is 0.140. The molecule has 0 spiro atoms. The van der Waals surface area contributed by atoms with Crippen molar-refractivity contribution in [2.24, 2.45) is 5.73 Å². The first-order valence-electron chi connectivity index (χ1n) is 3.73. The number of hydrogen-bond donors (Lipinski definition) is 1. The molecule has 0 bridgehead atoms. The van der Waals surface area contributed by atoms with Crippen LogP contribution >= 0.6 is 0 Å². The van der Waals surface area contributed by atoms with Crippen molar-refractivity contribution in [3.63, 3.8) is 0 Å². The van der Waals surface area contributed by atoms with Crippen molar-refractivity contribution in [1.29, 1.82) is 0 Å². The van der Waals surface area contributed by atoms with Crippen LogP contribution in [0.5, 0.6) is 0 Å². The summed E-state index contributed by atoms with van der Waals surface area (Å²) in [4.78, 5) is 0. The zero-order valence-electron chi connectivity index (χ0n) is 7.68. The summed E-state index contributed by atoms with van der Waals surface area (Å²) in [5, 5.41) is 0. The SMILES string of the molecule is C=CC[N+](C)(C)C(N)CC.[Br-]. The van der Waals surface area contributed by atoms with Gasteiger partial charge in [-0.3, -0.25) is 5.73 Å². The van der Waals surface area contributed by atoms with Crippen LogP contribution in [0.25, 0.3) is 0 Å². The van der Waals surface area contributed by atoms with Gasteiger partial charge >= 0.3 is 0 Å². The molecule has 11 heavy (non-hydrogen) atoms. The van der Waals surface area contributed by atoms with Crippen LogP contribution in [0.4, 0.5) is 0 Å². The van der Waals surface area contributed by atoms with Crippen LogP contribution in [0.2, 0.25) is 0 Å². The molecule has 0 aromatic carbocycles. The standard InChI is InChI=1S/C8H19N2.BrH/c1-5-7-10(3,4)8(9)6-2;/h5,8H,1,6-7,9H2,2-4H3;1H/q+1;/p-1. The Morgan fingerprint density at radius 3 is 2.27 bits per heavy atom. The lowest BCUT2D eigenvalue weighted by molar-refractivity contribution is -0.909. The van der Waals surface area contributed by atoms with Crippen molar-refractivity contribution in [3.05, 3.63) is 12.7 Å². The van der Waals surface area contributed by atoms with Crippen LogP contribution in [0.3, 0.4) is 0 Å². The van der Waals surface area contributed by atoms with Gasteiger partial charge in [-0.2, -0.15) is 0 Å². The minimum absolute atomic E-state index is 0. The molecule has 0 aliphatic carbocycles. The quantitative estimate of drug-likeness (QED) is 0.331. The highest BCUT2D eigenvalue weighted by Gasteiger charge is 2.20. The largest absolute Gasteiger partial charge is 1.00 e. The third kappa shape index (κ3) is 4.56. The Balaban J connectivity index is 0. The van der Waals surface area contributed by atoms with E-state index in [1.54, 1.807) is 0 Å². The molecule has 0 heterocycles. The first kappa shape index (κ1) is 13.7. The molecule has 3 heteroatoms. The maximum Gasteiger partial charge on any atom is 0.139 e. The monoisotopic (exact) mass is 222 g/mol. The summed E-state index contributed by atoms with van der Waals surface area (Å²) in [6.45, 7) is 6.74. The van der Waals surface area contributed by atoms with Gasteiger partial charge in [0.2, 0.25) is 0 Å². The highest BCUT2D eigenvalue weighted by Crippen LogP contribution is 2.04. The van der Waals surface area contributed by atoms with E-state index in [9.17, 15) is 0 Å². The lowest BCUT2D eigenvalue weighted by Gasteiger charge is -2.34. The van der Waals surface area contributed by atoms with E-state index < -0.39 is 0 Å². The van der Waals surface area contributed by atoms with Crippen molar-refractivity contribution in [3.8, 4) is 0 Å². The van der Waals surface area contributed by atoms with Gasteiger partial charge in [0.15, 0.2) is 0 Å². The first-order chi connectivity index (χ1) is 4.54. The number of likely N-dealkylation sites (N-methyl/N-ethyl adjacent to an activating group) is 1. The fraction of sp³-hybridized carbons (Fsp3) is 0.750. The minimum atomic E-state index is 0. The summed E-state index contributed by atoms with van der Waals surface area (Å²) in [5.74, 6) is 0. The van der Waals surface area contributed by atoms with Crippen molar-refractivity contribution >= 4 is 0 Å². The molecule has 0 saturated carbocycles. The van der Waals surface area contributed by atoms with Gasteiger partial charge in [0, 0.05) is 6.42 Å². The molecule has 0 radical (unpaired) electrons. The van der Waals surface area contributed by atoms with Gasteiger partial charge in [0.25, 0.3) is 0 Å². The molecule has 0 rings (SSSR count). The summed E-state index contributed by atoms with van der Waals surface area (Å²) < 4.78 is 0.833. The molecule has 68 valence electrons. The van der Waals surface area contributed by atoms with Gasteiger partial charge in [-0.05, 0) is 6.08 Å². The highest BCUT2D eigenvalue weighted by atomic mass is 79.9. The Morgan fingerprint density at radius 1 is 1.55 bits per heavy atom. The summed E-state index contributed by atoms with van der Waals surface area (Å²) in [6.07, 6.45) is 3.16. The Kier molecular flexibility index (Phi) is 7.16. The molecule has 0 amide bonds. The van der Waals surface area contributed by atoms with Crippen LogP contribution < -0.4 is 22.7 Å². The highest BCUT2D eigenvalue weighted by molar-refractivity contribution is 4.65. The van der Waals surface area contributed by atoms with Crippen LogP contribution in [-0.2, 0) is 0 Å². The molecule has 1 unspecified atom stereocenters. The number of nitrogens with two attached hydrogens (primary N) is 1. The molecule has 0 aromatic heterocycles. The van der Waals surface area contributed by atoms with Crippen molar-refractivity contribution in [1.82, 2.24) is 0 Å². The minimum Gasteiger partial charge on any atom is -1.00 e. The van der Waals surface area contributed by atoms with E-state index in [4.69, 9.17) is 5.73 Å². The lowest BCUT2D eigenvalue weighted by atomic mass is 10.3. The number of hydrogen-bond acceptors (Lipinski definition) is 1. The molecule has 2 nitrogen and oxygen atoms in total. The summed E-state index contributed by atoms with van der Waals surface area (Å²) >= 11 is 0. The second-order valence-corrected chi connectivity index (χ2v) is 3.23. The first-order valence-corrected chi connectivity index (χ1v) is 3.73. The van der Waals surface area contributed by atoms with Gasteiger partial charge in [-0.25, -0.2) is 0 Å². The van der Waals surface area contributed by atoms with E-state index in [0.29, 0.717) is 0 Å². The number of halogens is 1. The van der Waals surface area contributed by atoms with Gasteiger partial charge in [0.1, 0.15) is 6.17 Å². The van der Waals surface area contributed by atoms with E-state index in [1.807, 2.05) is 6.08 Å². The molecule has 0 saturated heterocycles. The Morgan fingerprint density at radius 2 is 2.00 bits per heavy atom. The third-order valence-electron chi connectivity index (χ3n) is 1.92. The number of rotatable bonds is 4. The normalized spacial score (nSPS) is 13.5. The van der Waals surface area contributed by atoms with Crippen LogP contribution in [-0.4, -0.2) is 31.3 Å². The molecule has 0 aromatic rings. The fourth-order valence-corrected chi connectivity index (χ4v) is 0.962. The van der Waals surface area contributed by atoms with Crippen LogP contribution in [0, 0.1) is 0 Å². The van der Waals surface area contributed by atoms with E-state index in [2.05, 4.69) is 27.6 Å². The summed E-state index contributed by atoms with van der Waals surface area (Å²) in [6, 6.07) is 0. The van der Waals surface area contributed by atoms with Gasteiger partial charge in [0.05, 0.1) is 20.6 Å². The lowest BCUT2D eigenvalue weighted by Crippen LogP contribution is -3.00. The van der Waals surface area contributed by atoms with E-state index in [1.165, 1.54) is 0 Å². The average Bonchev–Trinajstić information content (AvgIpc) is 1.86. The smallest absolute Gasteiger partial charge is 0.139 e. The Bertz CT molecular complexity index is 113. The molecule has 0 fully saturated rings. The van der Waals surface area contributed by atoms with Crippen LogP contribution in [0.1, 0.15) is 13.3 Å². The zero-order chi connectivity index (χ0) is 8.20. The van der Waals surface area contributed by atoms with E-state index in [0.717, 1.165) is 17.4 Å². The van der Waals surface area contributed by atoms with Crippen molar-refractivity contribution in [2.45, 2.75) is 19.5 Å². The maximum atomic E-state index is 5.86. The van der Waals surface area contributed by atoms with Crippen molar-refractivity contribution < 1.29 is 21.5 Å². The predicted molar refractivity (Wildman–Crippen MR) is 45.4 cm³/mol. The van der Waals surface area contributed by atoms with Crippen molar-refractivity contribution in [2.75, 3.05) is 20.6 Å². The number of nitrogens with zero attached hydrogens (tertiary/aromatic N) is 1. The van der Waals surface area contributed by atoms with Crippen LogP contribution in [0.15, 0.2) is 12.7 Å². The van der Waals surface area contributed by atoms with Gasteiger partial charge in [-0.1, -0.05) is 13.5 Å². The summed E-state index contributed by atoms with van der Waals surface area (Å²) in [7, 11) is 4.24. The van der Waals surface area contributed by atoms with E-state index >= 15 is 0 Å². The fourth-order valence-electron chi connectivity index (χ4n) is 0.962. The van der Waals surface area contributed by atoms with Gasteiger partial charge < -0.3 is 21.5 Å². The Labute approximate surface area is 80.4 Å². The predicted octanol–water partition coefficient (Wildman–Crippen LogP) is -2.05. The average molecular weight is 223 g/mol. The second kappa shape index (κ2) is 5.75. The second-order valence-electron chi connectivity index (χ2n) is 3.23. The maximum absolute atomic E-state index is 5.86.